The quantitative estimate of drug-likeness (QED) is 0.597. The van der Waals surface area contributed by atoms with Crippen LogP contribution in [0.15, 0.2) is 53.4 Å². The third-order valence-electron chi connectivity index (χ3n) is 3.67. The molecule has 0 bridgehead atoms. The molecule has 6 nitrogen and oxygen atoms in total. The minimum Gasteiger partial charge on any atom is -0.463 e. The number of fused-ring (bicyclic) bond motifs is 1. The summed E-state index contributed by atoms with van der Waals surface area (Å²) in [5.41, 5.74) is 14.3. The van der Waals surface area contributed by atoms with Gasteiger partial charge in [0.15, 0.2) is 5.76 Å². The molecule has 4 heterocycles. The molecule has 118 valence electrons. The highest BCUT2D eigenvalue weighted by Crippen LogP contribution is 2.40. The highest BCUT2D eigenvalue weighted by Gasteiger charge is 2.20. The summed E-state index contributed by atoms with van der Waals surface area (Å²) >= 11 is 1.18. The van der Waals surface area contributed by atoms with Crippen LogP contribution in [0, 0.1) is 0 Å². The van der Waals surface area contributed by atoms with Crippen LogP contribution in [0.25, 0.3) is 32.8 Å². The molecule has 0 aliphatic carbocycles. The Hall–Kier alpha value is -3.19. The molecule has 0 aliphatic rings. The number of hydrogen-bond donors (Lipinski definition) is 2. The van der Waals surface area contributed by atoms with E-state index in [1.807, 2.05) is 24.3 Å². The molecule has 0 spiro atoms. The fraction of sp³-hybridized carbons (Fsp3) is 0. The average Bonchev–Trinajstić information content (AvgIpc) is 3.23. The van der Waals surface area contributed by atoms with Gasteiger partial charge in [0, 0.05) is 23.3 Å². The van der Waals surface area contributed by atoms with Gasteiger partial charge in [-0.3, -0.25) is 9.78 Å². The molecule has 0 saturated heterocycles. The third kappa shape index (κ3) is 2.22. The number of thiophene rings is 1. The van der Waals surface area contributed by atoms with Gasteiger partial charge >= 0.3 is 0 Å². The Balaban J connectivity index is 2.08. The van der Waals surface area contributed by atoms with E-state index in [1.54, 1.807) is 24.7 Å². The first-order chi connectivity index (χ1) is 11.6. The van der Waals surface area contributed by atoms with E-state index in [0.29, 0.717) is 32.2 Å². The van der Waals surface area contributed by atoms with Gasteiger partial charge in [-0.2, -0.15) is 0 Å². The first kappa shape index (κ1) is 14.4. The first-order valence-corrected chi connectivity index (χ1v) is 7.94. The number of nitrogens with two attached hydrogens (primary N) is 2. The molecule has 0 saturated carbocycles. The van der Waals surface area contributed by atoms with Crippen molar-refractivity contribution < 1.29 is 9.21 Å². The normalized spacial score (nSPS) is 11.0. The second-order valence-electron chi connectivity index (χ2n) is 5.16. The van der Waals surface area contributed by atoms with Crippen molar-refractivity contribution in [3.63, 3.8) is 0 Å². The van der Waals surface area contributed by atoms with Gasteiger partial charge in [-0.15, -0.1) is 11.3 Å². The van der Waals surface area contributed by atoms with Gasteiger partial charge in [0.05, 0.1) is 12.0 Å². The summed E-state index contributed by atoms with van der Waals surface area (Å²) in [6.45, 7) is 0. The Kier molecular flexibility index (Phi) is 3.28. The SMILES string of the molecule is NC(=O)c1sc2nc(-c3ccco3)cc(-c3cccnc3)c2c1N. The number of nitrogens with zero attached hydrogens (tertiary/aromatic N) is 2. The van der Waals surface area contributed by atoms with Crippen molar-refractivity contribution in [2.24, 2.45) is 5.73 Å². The average molecular weight is 336 g/mol. The zero-order chi connectivity index (χ0) is 16.7. The molecule has 4 aromatic heterocycles. The van der Waals surface area contributed by atoms with Crippen molar-refractivity contribution in [3.05, 3.63) is 53.9 Å². The number of hydrogen-bond acceptors (Lipinski definition) is 6. The number of amides is 1. The summed E-state index contributed by atoms with van der Waals surface area (Å²) in [7, 11) is 0. The van der Waals surface area contributed by atoms with Crippen LogP contribution in [0.1, 0.15) is 9.67 Å². The van der Waals surface area contributed by atoms with E-state index in [9.17, 15) is 4.79 Å². The summed E-state index contributed by atoms with van der Waals surface area (Å²) in [4.78, 5) is 21.3. The van der Waals surface area contributed by atoms with E-state index < -0.39 is 5.91 Å². The van der Waals surface area contributed by atoms with E-state index in [0.717, 1.165) is 11.1 Å². The van der Waals surface area contributed by atoms with Crippen LogP contribution in [-0.2, 0) is 0 Å². The lowest BCUT2D eigenvalue weighted by atomic mass is 10.0. The minimum atomic E-state index is -0.563. The Labute approximate surface area is 140 Å². The molecule has 4 aromatic rings. The molecule has 0 aliphatic heterocycles. The van der Waals surface area contributed by atoms with Gasteiger partial charge in [0.1, 0.15) is 15.4 Å². The Bertz CT molecular complexity index is 1040. The molecule has 0 unspecified atom stereocenters. The van der Waals surface area contributed by atoms with Crippen molar-refractivity contribution in [1.82, 2.24) is 9.97 Å². The van der Waals surface area contributed by atoms with Gasteiger partial charge in [0.2, 0.25) is 0 Å². The highest BCUT2D eigenvalue weighted by atomic mass is 32.1. The van der Waals surface area contributed by atoms with Gasteiger partial charge in [0.25, 0.3) is 5.91 Å². The van der Waals surface area contributed by atoms with Crippen LogP contribution in [0.3, 0.4) is 0 Å². The molecule has 1 amide bonds. The van der Waals surface area contributed by atoms with Crippen LogP contribution in [0.5, 0.6) is 0 Å². The van der Waals surface area contributed by atoms with Crippen LogP contribution in [0.4, 0.5) is 5.69 Å². The third-order valence-corrected chi connectivity index (χ3v) is 4.78. The summed E-state index contributed by atoms with van der Waals surface area (Å²) in [6.07, 6.45) is 5.02. The molecular formula is C17H12N4O2S. The standard InChI is InChI=1S/C17H12N4O2S/c18-14-13-10(9-3-1-5-20-8-9)7-11(12-4-2-6-23-12)21-17(13)24-15(14)16(19)22/h1-8H,18H2,(H2,19,22). The van der Waals surface area contributed by atoms with Crippen molar-refractivity contribution in [3.8, 4) is 22.6 Å². The van der Waals surface area contributed by atoms with Crippen LogP contribution in [-0.4, -0.2) is 15.9 Å². The summed E-state index contributed by atoms with van der Waals surface area (Å²) in [5, 5.41) is 0.706. The van der Waals surface area contributed by atoms with E-state index in [-0.39, 0.29) is 0 Å². The zero-order valence-electron chi connectivity index (χ0n) is 12.4. The lowest BCUT2D eigenvalue weighted by molar-refractivity contribution is 0.100. The lowest BCUT2D eigenvalue weighted by Gasteiger charge is -2.07. The Morgan fingerprint density at radius 3 is 2.79 bits per heavy atom. The fourth-order valence-electron chi connectivity index (χ4n) is 2.60. The summed E-state index contributed by atoms with van der Waals surface area (Å²) in [6, 6.07) is 9.27. The maximum atomic E-state index is 11.6. The largest absolute Gasteiger partial charge is 0.463 e. The molecular weight excluding hydrogens is 324 g/mol. The van der Waals surface area contributed by atoms with Crippen molar-refractivity contribution in [1.29, 1.82) is 0 Å². The number of primary amides is 1. The lowest BCUT2D eigenvalue weighted by Crippen LogP contribution is -2.10. The number of pyridine rings is 2. The van der Waals surface area contributed by atoms with Crippen molar-refractivity contribution >= 4 is 33.1 Å². The molecule has 0 radical (unpaired) electrons. The second kappa shape index (κ2) is 5.47. The molecule has 24 heavy (non-hydrogen) atoms. The molecule has 0 atom stereocenters. The van der Waals surface area contributed by atoms with Crippen LogP contribution < -0.4 is 11.5 Å². The van der Waals surface area contributed by atoms with E-state index in [1.165, 1.54) is 11.3 Å². The monoisotopic (exact) mass is 336 g/mol. The maximum Gasteiger partial charge on any atom is 0.260 e. The Morgan fingerprint density at radius 1 is 1.25 bits per heavy atom. The summed E-state index contributed by atoms with van der Waals surface area (Å²) in [5.74, 6) is 0.0711. The second-order valence-corrected chi connectivity index (χ2v) is 6.16. The number of carbonyl (C=O) groups excluding carboxylic acids is 1. The smallest absolute Gasteiger partial charge is 0.260 e. The van der Waals surface area contributed by atoms with Crippen LogP contribution in [0.2, 0.25) is 0 Å². The van der Waals surface area contributed by atoms with Gasteiger partial charge in [-0.05, 0) is 29.8 Å². The van der Waals surface area contributed by atoms with Crippen molar-refractivity contribution in [2.75, 3.05) is 5.73 Å². The molecule has 4 N–H and O–H groups in total. The molecule has 0 fully saturated rings. The first-order valence-electron chi connectivity index (χ1n) is 7.12. The number of anilines is 1. The van der Waals surface area contributed by atoms with E-state index in [2.05, 4.69) is 9.97 Å². The highest BCUT2D eigenvalue weighted by molar-refractivity contribution is 7.21. The number of carbonyl (C=O) groups is 1. The number of furan rings is 1. The molecule has 7 heteroatoms. The number of rotatable bonds is 3. The van der Waals surface area contributed by atoms with Crippen LogP contribution >= 0.6 is 11.3 Å². The Morgan fingerprint density at radius 2 is 2.12 bits per heavy atom. The number of nitrogen functional groups attached to an aromatic ring is 1. The predicted molar refractivity (Wildman–Crippen MR) is 93.5 cm³/mol. The van der Waals surface area contributed by atoms with E-state index in [4.69, 9.17) is 15.9 Å². The van der Waals surface area contributed by atoms with Gasteiger partial charge < -0.3 is 15.9 Å². The minimum absolute atomic E-state index is 0.305. The maximum absolute atomic E-state index is 11.6. The number of aromatic nitrogens is 2. The predicted octanol–water partition coefficient (Wildman–Crippen LogP) is 3.30. The fourth-order valence-corrected chi connectivity index (χ4v) is 3.58. The van der Waals surface area contributed by atoms with E-state index >= 15 is 0 Å². The topological polar surface area (TPSA) is 108 Å². The van der Waals surface area contributed by atoms with Gasteiger partial charge in [-0.25, -0.2) is 4.98 Å². The zero-order valence-corrected chi connectivity index (χ0v) is 13.2. The molecule has 4 rings (SSSR count). The molecule has 0 aromatic carbocycles. The van der Waals surface area contributed by atoms with Crippen molar-refractivity contribution in [2.45, 2.75) is 0 Å². The van der Waals surface area contributed by atoms with Gasteiger partial charge in [-0.1, -0.05) is 6.07 Å². The summed E-state index contributed by atoms with van der Waals surface area (Å²) < 4.78 is 5.45.